The fourth-order valence-corrected chi connectivity index (χ4v) is 1.71. The monoisotopic (exact) mass is 269 g/mol. The van der Waals surface area contributed by atoms with Crippen LogP contribution in [-0.4, -0.2) is 45.2 Å². The van der Waals surface area contributed by atoms with E-state index in [2.05, 4.69) is 15.2 Å². The van der Waals surface area contributed by atoms with Crippen molar-refractivity contribution in [2.45, 2.75) is 6.54 Å². The summed E-state index contributed by atoms with van der Waals surface area (Å²) in [4.78, 5) is 6.28. The number of ether oxygens (including phenoxy) is 1. The van der Waals surface area contributed by atoms with E-state index >= 15 is 0 Å². The number of nitrogens with one attached hydrogen (secondary N) is 1. The lowest BCUT2D eigenvalue weighted by Gasteiger charge is -2.22. The van der Waals surface area contributed by atoms with E-state index in [1.807, 2.05) is 31.3 Å². The second-order valence-electron chi connectivity index (χ2n) is 3.95. The van der Waals surface area contributed by atoms with Crippen molar-refractivity contribution in [2.75, 3.05) is 34.4 Å². The van der Waals surface area contributed by atoms with E-state index in [4.69, 9.17) is 16.3 Å². The van der Waals surface area contributed by atoms with E-state index in [1.54, 1.807) is 14.2 Å². The number of benzene rings is 1. The van der Waals surface area contributed by atoms with Gasteiger partial charge < -0.3 is 15.0 Å². The fraction of sp³-hybridized carbons (Fsp3) is 0.462. The van der Waals surface area contributed by atoms with Crippen LogP contribution in [0, 0.1) is 0 Å². The summed E-state index contributed by atoms with van der Waals surface area (Å²) >= 11 is 5.86. The predicted molar refractivity (Wildman–Crippen MR) is 76.2 cm³/mol. The number of hydrogen-bond donors (Lipinski definition) is 1. The summed E-state index contributed by atoms with van der Waals surface area (Å²) in [6, 6.07) is 7.82. The maximum absolute atomic E-state index is 5.86. The van der Waals surface area contributed by atoms with Crippen LogP contribution in [0.2, 0.25) is 5.02 Å². The van der Waals surface area contributed by atoms with Crippen LogP contribution in [0.5, 0.6) is 0 Å². The summed E-state index contributed by atoms with van der Waals surface area (Å²) in [7, 11) is 5.45. The third-order valence-electron chi connectivity index (χ3n) is 2.50. The molecule has 1 N–H and O–H groups in total. The average molecular weight is 270 g/mol. The van der Waals surface area contributed by atoms with Crippen LogP contribution in [0.3, 0.4) is 0 Å². The van der Waals surface area contributed by atoms with E-state index in [0.717, 1.165) is 24.1 Å². The lowest BCUT2D eigenvalue weighted by molar-refractivity contribution is 0.203. The number of halogens is 1. The van der Waals surface area contributed by atoms with Gasteiger partial charge in [0, 0.05) is 39.3 Å². The lowest BCUT2D eigenvalue weighted by Crippen LogP contribution is -2.39. The molecule has 0 aliphatic carbocycles. The summed E-state index contributed by atoms with van der Waals surface area (Å²) in [5.41, 5.74) is 1.19. The van der Waals surface area contributed by atoms with Crippen LogP contribution in [0.25, 0.3) is 0 Å². The molecule has 1 aromatic carbocycles. The van der Waals surface area contributed by atoms with Crippen LogP contribution < -0.4 is 5.32 Å². The Labute approximate surface area is 114 Å². The van der Waals surface area contributed by atoms with E-state index in [9.17, 15) is 0 Å². The Morgan fingerprint density at radius 1 is 1.39 bits per heavy atom. The first kappa shape index (κ1) is 14.8. The van der Waals surface area contributed by atoms with Crippen molar-refractivity contribution in [3.63, 3.8) is 0 Å². The van der Waals surface area contributed by atoms with E-state index in [1.165, 1.54) is 5.56 Å². The topological polar surface area (TPSA) is 36.9 Å². The standard InChI is InChI=1S/C13H20ClN3O/c1-15-13(16-8-9-18-3)17(2)10-11-4-6-12(14)7-5-11/h4-7H,8-10H2,1-3H3,(H,15,16). The Kier molecular flexibility index (Phi) is 6.54. The van der Waals surface area contributed by atoms with Gasteiger partial charge >= 0.3 is 0 Å². The summed E-state index contributed by atoms with van der Waals surface area (Å²) in [5.74, 6) is 0.849. The van der Waals surface area contributed by atoms with Gasteiger partial charge in [-0.3, -0.25) is 4.99 Å². The normalized spacial score (nSPS) is 11.4. The maximum Gasteiger partial charge on any atom is 0.193 e. The zero-order valence-electron chi connectivity index (χ0n) is 11.1. The molecule has 0 aliphatic rings. The summed E-state index contributed by atoms with van der Waals surface area (Å²) in [6.45, 7) is 2.19. The molecule has 18 heavy (non-hydrogen) atoms. The van der Waals surface area contributed by atoms with Crippen molar-refractivity contribution in [1.29, 1.82) is 0 Å². The van der Waals surface area contributed by atoms with Crippen LogP contribution in [-0.2, 0) is 11.3 Å². The maximum atomic E-state index is 5.86. The van der Waals surface area contributed by atoms with Crippen molar-refractivity contribution in [2.24, 2.45) is 4.99 Å². The summed E-state index contributed by atoms with van der Waals surface area (Å²) in [6.07, 6.45) is 0. The first-order valence-corrected chi connectivity index (χ1v) is 6.20. The second-order valence-corrected chi connectivity index (χ2v) is 4.39. The number of rotatable bonds is 5. The molecular formula is C13H20ClN3O. The minimum absolute atomic E-state index is 0.661. The van der Waals surface area contributed by atoms with Crippen molar-refractivity contribution in [3.05, 3.63) is 34.9 Å². The second kappa shape index (κ2) is 7.95. The van der Waals surface area contributed by atoms with Gasteiger partial charge in [-0.2, -0.15) is 0 Å². The Bertz CT molecular complexity index is 378. The molecule has 5 heteroatoms. The molecule has 0 heterocycles. The van der Waals surface area contributed by atoms with Crippen LogP contribution in [0.4, 0.5) is 0 Å². The Morgan fingerprint density at radius 3 is 2.61 bits per heavy atom. The zero-order valence-corrected chi connectivity index (χ0v) is 11.9. The SMILES string of the molecule is CN=C(NCCOC)N(C)Cc1ccc(Cl)cc1. The molecule has 0 radical (unpaired) electrons. The van der Waals surface area contributed by atoms with E-state index in [-0.39, 0.29) is 0 Å². The summed E-state index contributed by atoms with van der Waals surface area (Å²) < 4.78 is 5.00. The third-order valence-corrected chi connectivity index (χ3v) is 2.75. The van der Waals surface area contributed by atoms with Gasteiger partial charge in [0.25, 0.3) is 0 Å². The molecule has 0 saturated carbocycles. The van der Waals surface area contributed by atoms with Gasteiger partial charge in [-0.1, -0.05) is 23.7 Å². The van der Waals surface area contributed by atoms with Gasteiger partial charge in [0.1, 0.15) is 0 Å². The van der Waals surface area contributed by atoms with Gasteiger partial charge in [0.15, 0.2) is 5.96 Å². The smallest absolute Gasteiger partial charge is 0.193 e. The third kappa shape index (κ3) is 4.94. The number of nitrogens with zero attached hydrogens (tertiary/aromatic N) is 2. The average Bonchev–Trinajstić information content (AvgIpc) is 2.37. The van der Waals surface area contributed by atoms with Crippen molar-refractivity contribution in [3.8, 4) is 0 Å². The Balaban J connectivity index is 2.51. The molecule has 0 aromatic heterocycles. The number of guanidine groups is 1. The van der Waals surface area contributed by atoms with Gasteiger partial charge in [0.2, 0.25) is 0 Å². The Hall–Kier alpha value is -1.26. The number of aliphatic imine (C=N–C) groups is 1. The van der Waals surface area contributed by atoms with Gasteiger partial charge in [-0.15, -0.1) is 0 Å². The van der Waals surface area contributed by atoms with Crippen molar-refractivity contribution < 1.29 is 4.74 Å². The van der Waals surface area contributed by atoms with Crippen LogP contribution in [0.1, 0.15) is 5.56 Å². The summed E-state index contributed by atoms with van der Waals surface area (Å²) in [5, 5.41) is 3.98. The first-order valence-electron chi connectivity index (χ1n) is 5.82. The number of hydrogen-bond acceptors (Lipinski definition) is 2. The minimum Gasteiger partial charge on any atom is -0.383 e. The minimum atomic E-state index is 0.661. The highest BCUT2D eigenvalue weighted by molar-refractivity contribution is 6.30. The van der Waals surface area contributed by atoms with Gasteiger partial charge in [-0.05, 0) is 17.7 Å². The molecule has 1 rings (SSSR count). The predicted octanol–water partition coefficient (Wildman–Crippen LogP) is 1.99. The van der Waals surface area contributed by atoms with Crippen LogP contribution >= 0.6 is 11.6 Å². The molecular weight excluding hydrogens is 250 g/mol. The lowest BCUT2D eigenvalue weighted by atomic mass is 10.2. The molecule has 0 unspecified atom stereocenters. The van der Waals surface area contributed by atoms with E-state index < -0.39 is 0 Å². The molecule has 0 spiro atoms. The Morgan fingerprint density at radius 2 is 2.06 bits per heavy atom. The molecule has 0 fully saturated rings. The van der Waals surface area contributed by atoms with E-state index in [0.29, 0.717) is 6.61 Å². The molecule has 0 aliphatic heterocycles. The first-order chi connectivity index (χ1) is 8.67. The highest BCUT2D eigenvalue weighted by Gasteiger charge is 2.05. The zero-order chi connectivity index (χ0) is 13.4. The highest BCUT2D eigenvalue weighted by atomic mass is 35.5. The molecule has 0 atom stereocenters. The highest BCUT2D eigenvalue weighted by Crippen LogP contribution is 2.10. The van der Waals surface area contributed by atoms with Crippen LogP contribution in [0.15, 0.2) is 29.3 Å². The van der Waals surface area contributed by atoms with Crippen molar-refractivity contribution in [1.82, 2.24) is 10.2 Å². The van der Waals surface area contributed by atoms with Gasteiger partial charge in [-0.25, -0.2) is 0 Å². The molecule has 0 saturated heterocycles. The quantitative estimate of drug-likeness (QED) is 0.505. The molecule has 4 nitrogen and oxygen atoms in total. The fourth-order valence-electron chi connectivity index (χ4n) is 1.59. The van der Waals surface area contributed by atoms with Crippen molar-refractivity contribution >= 4 is 17.6 Å². The molecule has 1 aromatic rings. The molecule has 0 bridgehead atoms. The molecule has 100 valence electrons. The molecule has 0 amide bonds. The van der Waals surface area contributed by atoms with Gasteiger partial charge in [0.05, 0.1) is 6.61 Å². The largest absolute Gasteiger partial charge is 0.383 e. The number of methoxy groups -OCH3 is 1.